The molecule has 32 heavy (non-hydrogen) atoms. The summed E-state index contributed by atoms with van der Waals surface area (Å²) in [6.07, 6.45) is 6.77. The Morgan fingerprint density at radius 3 is 2.75 bits per heavy atom. The van der Waals surface area contributed by atoms with Crippen molar-refractivity contribution in [3.05, 3.63) is 58.4 Å². The van der Waals surface area contributed by atoms with Gasteiger partial charge in [-0.15, -0.1) is 0 Å². The zero-order valence-corrected chi connectivity index (χ0v) is 20.1. The van der Waals surface area contributed by atoms with E-state index >= 15 is 0 Å². The largest absolute Gasteiger partial charge is 0.489 e. The molecular formula is C23H22BrClN6O. The first-order valence-corrected chi connectivity index (χ1v) is 11.5. The molecule has 0 amide bonds. The molecule has 1 saturated heterocycles. The Kier molecular flexibility index (Phi) is 5.75. The maximum absolute atomic E-state index is 6.40. The average molecular weight is 514 g/mol. The van der Waals surface area contributed by atoms with Crippen LogP contribution in [0.3, 0.4) is 0 Å². The summed E-state index contributed by atoms with van der Waals surface area (Å²) < 4.78 is 9.00. The number of likely N-dealkylation sites (tertiary alicyclic amines) is 1. The fourth-order valence-corrected chi connectivity index (χ4v) is 4.79. The van der Waals surface area contributed by atoms with Crippen molar-refractivity contribution in [1.82, 2.24) is 24.6 Å². The van der Waals surface area contributed by atoms with Gasteiger partial charge in [0.1, 0.15) is 11.9 Å². The normalized spacial score (nSPS) is 16.6. The SMILES string of the molecule is CN1CC[C@@H](Oc2cc(Nc3ncc4cc(Br)cc(Cl)c4n3)cc(-c3cnn(C)c3)c2)C1. The van der Waals surface area contributed by atoms with Crippen LogP contribution in [0.25, 0.3) is 22.0 Å². The molecule has 0 unspecified atom stereocenters. The molecule has 7 nitrogen and oxygen atoms in total. The van der Waals surface area contributed by atoms with Gasteiger partial charge in [0.15, 0.2) is 0 Å². The number of aryl methyl sites for hydroxylation is 1. The standard InChI is InChI=1S/C23H22BrClN6O/c1-30-4-3-19(13-30)32-20-7-14(16-11-27-31(2)12-16)6-18(9-20)28-23-26-10-15-5-17(24)8-21(25)22(15)29-23/h5-12,19H,3-4,13H2,1-2H3,(H,26,28,29)/t19-/m1/s1. The first-order chi connectivity index (χ1) is 15.4. The quantitative estimate of drug-likeness (QED) is 0.392. The highest BCUT2D eigenvalue weighted by Gasteiger charge is 2.21. The summed E-state index contributed by atoms with van der Waals surface area (Å²) in [6, 6.07) is 9.85. The summed E-state index contributed by atoms with van der Waals surface area (Å²) in [5, 5.41) is 9.06. The van der Waals surface area contributed by atoms with E-state index in [0.29, 0.717) is 16.5 Å². The first kappa shape index (κ1) is 21.2. The zero-order chi connectivity index (χ0) is 22.2. The van der Waals surface area contributed by atoms with Gasteiger partial charge in [0.25, 0.3) is 0 Å². The third-order valence-corrected chi connectivity index (χ3v) is 6.20. The Hall–Kier alpha value is -2.68. The maximum Gasteiger partial charge on any atom is 0.227 e. The van der Waals surface area contributed by atoms with E-state index in [1.54, 1.807) is 10.9 Å². The molecule has 0 bridgehead atoms. The number of ether oxygens (including phenoxy) is 1. The topological polar surface area (TPSA) is 68.1 Å². The lowest BCUT2D eigenvalue weighted by molar-refractivity contribution is 0.208. The molecule has 1 atom stereocenters. The van der Waals surface area contributed by atoms with Crippen LogP contribution in [0.1, 0.15) is 6.42 Å². The molecule has 9 heteroatoms. The van der Waals surface area contributed by atoms with E-state index in [-0.39, 0.29) is 6.10 Å². The zero-order valence-electron chi connectivity index (χ0n) is 17.7. The van der Waals surface area contributed by atoms with Crippen LogP contribution in [0.2, 0.25) is 5.02 Å². The molecule has 0 aliphatic carbocycles. The van der Waals surface area contributed by atoms with Gasteiger partial charge in [0, 0.05) is 59.7 Å². The molecule has 2 aromatic heterocycles. The lowest BCUT2D eigenvalue weighted by Crippen LogP contribution is -2.21. The van der Waals surface area contributed by atoms with Gasteiger partial charge in [-0.2, -0.15) is 5.10 Å². The molecule has 1 aliphatic rings. The van der Waals surface area contributed by atoms with Gasteiger partial charge in [-0.1, -0.05) is 27.5 Å². The number of benzene rings is 2. The number of anilines is 2. The Labute approximate surface area is 199 Å². The van der Waals surface area contributed by atoms with Crippen molar-refractivity contribution in [3.8, 4) is 16.9 Å². The summed E-state index contributed by atoms with van der Waals surface area (Å²) in [7, 11) is 4.02. The van der Waals surface area contributed by atoms with Gasteiger partial charge in [-0.3, -0.25) is 4.68 Å². The molecule has 1 aliphatic heterocycles. The lowest BCUT2D eigenvalue weighted by atomic mass is 10.1. The van der Waals surface area contributed by atoms with Crippen LogP contribution in [-0.4, -0.2) is 50.9 Å². The van der Waals surface area contributed by atoms with Crippen molar-refractivity contribution in [2.24, 2.45) is 7.05 Å². The number of nitrogens with zero attached hydrogens (tertiary/aromatic N) is 5. The van der Waals surface area contributed by atoms with Crippen molar-refractivity contribution in [2.75, 3.05) is 25.5 Å². The monoisotopic (exact) mass is 512 g/mol. The highest BCUT2D eigenvalue weighted by Crippen LogP contribution is 2.32. The Morgan fingerprint density at radius 1 is 1.12 bits per heavy atom. The van der Waals surface area contributed by atoms with E-state index in [4.69, 9.17) is 16.3 Å². The van der Waals surface area contributed by atoms with Gasteiger partial charge in [0.2, 0.25) is 5.95 Å². The summed E-state index contributed by atoms with van der Waals surface area (Å²) in [5.41, 5.74) is 3.55. The van der Waals surface area contributed by atoms with Crippen LogP contribution in [0.5, 0.6) is 5.75 Å². The molecule has 3 heterocycles. The second-order valence-corrected chi connectivity index (χ2v) is 9.41. The molecular weight excluding hydrogens is 492 g/mol. The molecule has 1 N–H and O–H groups in total. The highest BCUT2D eigenvalue weighted by molar-refractivity contribution is 9.10. The number of nitrogens with one attached hydrogen (secondary N) is 1. The minimum atomic E-state index is 0.172. The van der Waals surface area contributed by atoms with Crippen molar-refractivity contribution < 1.29 is 4.74 Å². The number of fused-ring (bicyclic) bond motifs is 1. The molecule has 4 aromatic rings. The van der Waals surface area contributed by atoms with Crippen molar-refractivity contribution in [2.45, 2.75) is 12.5 Å². The molecule has 2 aromatic carbocycles. The number of halogens is 2. The smallest absolute Gasteiger partial charge is 0.227 e. The van der Waals surface area contributed by atoms with E-state index in [2.05, 4.69) is 54.3 Å². The number of rotatable bonds is 5. The van der Waals surface area contributed by atoms with Crippen LogP contribution < -0.4 is 10.1 Å². The van der Waals surface area contributed by atoms with Gasteiger partial charge in [0.05, 0.1) is 16.7 Å². The fraction of sp³-hybridized carbons (Fsp3) is 0.261. The van der Waals surface area contributed by atoms with E-state index in [1.165, 1.54) is 0 Å². The van der Waals surface area contributed by atoms with E-state index in [9.17, 15) is 0 Å². The minimum Gasteiger partial charge on any atom is -0.489 e. The van der Waals surface area contributed by atoms with Crippen LogP contribution in [0, 0.1) is 0 Å². The lowest BCUT2D eigenvalue weighted by Gasteiger charge is -2.16. The summed E-state index contributed by atoms with van der Waals surface area (Å²) in [4.78, 5) is 11.4. The maximum atomic E-state index is 6.40. The number of aromatic nitrogens is 4. The summed E-state index contributed by atoms with van der Waals surface area (Å²) in [5.74, 6) is 1.27. The third-order valence-electron chi connectivity index (χ3n) is 5.45. The third kappa shape index (κ3) is 4.57. The van der Waals surface area contributed by atoms with Crippen molar-refractivity contribution in [1.29, 1.82) is 0 Å². The number of likely N-dealkylation sites (N-methyl/N-ethyl adjacent to an activating group) is 1. The Morgan fingerprint density at radius 2 is 2.00 bits per heavy atom. The van der Waals surface area contributed by atoms with Gasteiger partial charge < -0.3 is 15.0 Å². The minimum absolute atomic E-state index is 0.172. The molecule has 0 spiro atoms. The van der Waals surface area contributed by atoms with Crippen LogP contribution >= 0.6 is 27.5 Å². The van der Waals surface area contributed by atoms with E-state index in [0.717, 1.165) is 51.9 Å². The molecule has 164 valence electrons. The number of hydrogen-bond donors (Lipinski definition) is 1. The van der Waals surface area contributed by atoms with Gasteiger partial charge in [-0.05, 0) is 43.3 Å². The highest BCUT2D eigenvalue weighted by atomic mass is 79.9. The summed E-state index contributed by atoms with van der Waals surface area (Å²) in [6.45, 7) is 1.96. The summed E-state index contributed by atoms with van der Waals surface area (Å²) >= 11 is 9.85. The Balaban J connectivity index is 1.49. The molecule has 5 rings (SSSR count). The van der Waals surface area contributed by atoms with E-state index in [1.807, 2.05) is 43.7 Å². The predicted molar refractivity (Wildman–Crippen MR) is 131 cm³/mol. The second-order valence-electron chi connectivity index (χ2n) is 8.08. The average Bonchev–Trinajstić information content (AvgIpc) is 3.36. The molecule has 0 saturated carbocycles. The molecule has 1 fully saturated rings. The first-order valence-electron chi connectivity index (χ1n) is 10.3. The van der Waals surface area contributed by atoms with Crippen LogP contribution in [0.15, 0.2) is 53.4 Å². The van der Waals surface area contributed by atoms with Crippen LogP contribution in [0.4, 0.5) is 11.6 Å². The molecule has 0 radical (unpaired) electrons. The predicted octanol–water partition coefficient (Wildman–Crippen LogP) is 5.27. The van der Waals surface area contributed by atoms with Crippen molar-refractivity contribution in [3.63, 3.8) is 0 Å². The number of hydrogen-bond acceptors (Lipinski definition) is 6. The second kappa shape index (κ2) is 8.69. The Bertz CT molecular complexity index is 1290. The van der Waals surface area contributed by atoms with Crippen molar-refractivity contribution >= 4 is 50.1 Å². The van der Waals surface area contributed by atoms with Gasteiger partial charge >= 0.3 is 0 Å². The van der Waals surface area contributed by atoms with Crippen LogP contribution in [-0.2, 0) is 7.05 Å². The fourth-order valence-electron chi connectivity index (χ4n) is 3.92. The van der Waals surface area contributed by atoms with Gasteiger partial charge in [-0.25, -0.2) is 9.97 Å². The van der Waals surface area contributed by atoms with E-state index < -0.39 is 0 Å².